The molecule has 0 spiro atoms. The molecule has 0 aromatic rings. The third-order valence-corrected chi connectivity index (χ3v) is 2.49. The highest BCUT2D eigenvalue weighted by atomic mass is 16.4. The first-order valence-corrected chi connectivity index (χ1v) is 5.94. The topological polar surface area (TPSA) is 66.4 Å². The Bertz CT molecular complexity index is 228. The summed E-state index contributed by atoms with van der Waals surface area (Å²) in [7, 11) is 0. The summed E-state index contributed by atoms with van der Waals surface area (Å²) in [4.78, 5) is 21.9. The van der Waals surface area contributed by atoms with Crippen LogP contribution < -0.4 is 5.32 Å². The molecule has 0 aliphatic carbocycles. The van der Waals surface area contributed by atoms with Crippen LogP contribution in [0, 0.1) is 11.8 Å². The van der Waals surface area contributed by atoms with Crippen LogP contribution in [-0.4, -0.2) is 23.5 Å². The molecule has 4 nitrogen and oxygen atoms in total. The summed E-state index contributed by atoms with van der Waals surface area (Å²) >= 11 is 0. The van der Waals surface area contributed by atoms with Crippen LogP contribution in [0.1, 0.15) is 46.5 Å². The highest BCUT2D eigenvalue weighted by molar-refractivity contribution is 5.76. The van der Waals surface area contributed by atoms with Gasteiger partial charge in [-0.15, -0.1) is 0 Å². The first-order valence-electron chi connectivity index (χ1n) is 5.94. The highest BCUT2D eigenvalue weighted by Crippen LogP contribution is 2.09. The average molecular weight is 229 g/mol. The lowest BCUT2D eigenvalue weighted by molar-refractivity contribution is -0.138. The third-order valence-electron chi connectivity index (χ3n) is 2.49. The van der Waals surface area contributed by atoms with E-state index < -0.39 is 5.97 Å². The van der Waals surface area contributed by atoms with Gasteiger partial charge in [-0.3, -0.25) is 9.59 Å². The molecule has 0 aromatic carbocycles. The minimum absolute atomic E-state index is 0.0112. The molecule has 1 amide bonds. The maximum absolute atomic E-state index is 11.5. The van der Waals surface area contributed by atoms with E-state index >= 15 is 0 Å². The number of carbonyl (C=O) groups excluding carboxylic acids is 1. The van der Waals surface area contributed by atoms with Crippen molar-refractivity contribution in [1.29, 1.82) is 0 Å². The first-order chi connectivity index (χ1) is 7.45. The predicted molar refractivity (Wildman–Crippen MR) is 63.1 cm³/mol. The Morgan fingerprint density at radius 1 is 1.19 bits per heavy atom. The molecule has 2 unspecified atom stereocenters. The molecule has 0 aliphatic rings. The van der Waals surface area contributed by atoms with Gasteiger partial charge in [-0.05, 0) is 11.8 Å². The molecule has 94 valence electrons. The van der Waals surface area contributed by atoms with Crippen molar-refractivity contribution in [2.45, 2.75) is 46.5 Å². The summed E-state index contributed by atoms with van der Waals surface area (Å²) in [6.07, 6.45) is 2.78. The number of aliphatic carboxylic acids is 1. The molecule has 0 heterocycles. The van der Waals surface area contributed by atoms with E-state index in [9.17, 15) is 9.59 Å². The van der Waals surface area contributed by atoms with E-state index in [2.05, 4.69) is 19.2 Å². The summed E-state index contributed by atoms with van der Waals surface area (Å²) in [6.45, 7) is 6.43. The molecule has 16 heavy (non-hydrogen) atoms. The maximum atomic E-state index is 11.5. The second kappa shape index (κ2) is 8.13. The molecule has 0 saturated carbocycles. The Balaban J connectivity index is 3.68. The molecule has 0 bridgehead atoms. The fraction of sp³-hybridized carbons (Fsp3) is 0.833. The van der Waals surface area contributed by atoms with E-state index in [0.29, 0.717) is 18.9 Å². The van der Waals surface area contributed by atoms with Crippen LogP contribution in [0.4, 0.5) is 0 Å². The molecule has 0 fully saturated rings. The monoisotopic (exact) mass is 229 g/mol. The fourth-order valence-electron chi connectivity index (χ4n) is 1.64. The van der Waals surface area contributed by atoms with Gasteiger partial charge < -0.3 is 10.4 Å². The molecular weight excluding hydrogens is 206 g/mol. The second-order valence-corrected chi connectivity index (χ2v) is 4.61. The van der Waals surface area contributed by atoms with Crippen LogP contribution in [0.3, 0.4) is 0 Å². The van der Waals surface area contributed by atoms with Gasteiger partial charge in [-0.1, -0.05) is 33.6 Å². The third kappa shape index (κ3) is 8.26. The van der Waals surface area contributed by atoms with E-state index in [4.69, 9.17) is 5.11 Å². The minimum atomic E-state index is -0.818. The van der Waals surface area contributed by atoms with Crippen molar-refractivity contribution < 1.29 is 14.7 Å². The van der Waals surface area contributed by atoms with E-state index in [1.54, 1.807) is 0 Å². The summed E-state index contributed by atoms with van der Waals surface area (Å²) in [5, 5.41) is 11.3. The number of carboxylic acids is 1. The number of hydrogen-bond acceptors (Lipinski definition) is 2. The van der Waals surface area contributed by atoms with E-state index in [-0.39, 0.29) is 18.2 Å². The highest BCUT2D eigenvalue weighted by Gasteiger charge is 2.11. The molecule has 2 atom stereocenters. The summed E-state index contributed by atoms with van der Waals surface area (Å²) in [6, 6.07) is 0. The van der Waals surface area contributed by atoms with Gasteiger partial charge in [0.1, 0.15) is 0 Å². The second-order valence-electron chi connectivity index (χ2n) is 4.61. The first kappa shape index (κ1) is 14.9. The Morgan fingerprint density at radius 2 is 1.81 bits per heavy atom. The van der Waals surface area contributed by atoms with Crippen molar-refractivity contribution in [1.82, 2.24) is 5.32 Å². The van der Waals surface area contributed by atoms with Gasteiger partial charge in [0.15, 0.2) is 0 Å². The van der Waals surface area contributed by atoms with Crippen LogP contribution in [0.15, 0.2) is 0 Å². The molecule has 0 rings (SSSR count). The van der Waals surface area contributed by atoms with Gasteiger partial charge in [0.2, 0.25) is 5.91 Å². The summed E-state index contributed by atoms with van der Waals surface area (Å²) in [5.74, 6) is -0.401. The minimum Gasteiger partial charge on any atom is -0.481 e. The number of rotatable bonds is 8. The SMILES string of the molecule is CCCC(C)CC(=O)NCC(C)CC(=O)O. The van der Waals surface area contributed by atoms with Crippen molar-refractivity contribution in [3.8, 4) is 0 Å². The molecule has 4 heteroatoms. The van der Waals surface area contributed by atoms with E-state index in [1.165, 1.54) is 0 Å². The molecule has 0 aromatic heterocycles. The van der Waals surface area contributed by atoms with Gasteiger partial charge in [-0.25, -0.2) is 0 Å². The van der Waals surface area contributed by atoms with Crippen LogP contribution in [0.25, 0.3) is 0 Å². The van der Waals surface area contributed by atoms with Crippen molar-refractivity contribution in [2.24, 2.45) is 11.8 Å². The Hall–Kier alpha value is -1.06. The zero-order valence-corrected chi connectivity index (χ0v) is 10.5. The smallest absolute Gasteiger partial charge is 0.303 e. The Morgan fingerprint density at radius 3 is 2.31 bits per heavy atom. The van der Waals surface area contributed by atoms with Gasteiger partial charge >= 0.3 is 5.97 Å². The molecule has 0 radical (unpaired) electrons. The normalized spacial score (nSPS) is 14.2. The molecular formula is C12H23NO3. The van der Waals surface area contributed by atoms with Crippen LogP contribution in [-0.2, 0) is 9.59 Å². The quantitative estimate of drug-likeness (QED) is 0.669. The maximum Gasteiger partial charge on any atom is 0.303 e. The number of carbonyl (C=O) groups is 2. The Labute approximate surface area is 97.4 Å². The lowest BCUT2D eigenvalue weighted by Gasteiger charge is -2.13. The molecule has 2 N–H and O–H groups in total. The lowest BCUT2D eigenvalue weighted by atomic mass is 10.0. The number of amides is 1. The summed E-state index contributed by atoms with van der Waals surface area (Å²) < 4.78 is 0. The van der Waals surface area contributed by atoms with Crippen molar-refractivity contribution in [3.05, 3.63) is 0 Å². The molecule has 0 aliphatic heterocycles. The molecule has 0 saturated heterocycles. The number of nitrogens with one attached hydrogen (secondary N) is 1. The predicted octanol–water partition coefficient (Wildman–Crippen LogP) is 2.04. The average Bonchev–Trinajstić information content (AvgIpc) is 2.14. The zero-order chi connectivity index (χ0) is 12.6. The van der Waals surface area contributed by atoms with Crippen LogP contribution in [0.2, 0.25) is 0 Å². The van der Waals surface area contributed by atoms with Gasteiger partial charge in [0, 0.05) is 19.4 Å². The van der Waals surface area contributed by atoms with E-state index in [1.807, 2.05) is 6.92 Å². The van der Waals surface area contributed by atoms with Gasteiger partial charge in [0.25, 0.3) is 0 Å². The standard InChI is InChI=1S/C12H23NO3/c1-4-5-9(2)6-11(14)13-8-10(3)7-12(15)16/h9-10H,4-8H2,1-3H3,(H,13,14)(H,15,16). The zero-order valence-electron chi connectivity index (χ0n) is 10.5. The van der Waals surface area contributed by atoms with Crippen LogP contribution in [0.5, 0.6) is 0 Å². The fourth-order valence-corrected chi connectivity index (χ4v) is 1.64. The van der Waals surface area contributed by atoms with E-state index in [0.717, 1.165) is 12.8 Å². The van der Waals surface area contributed by atoms with Crippen molar-refractivity contribution >= 4 is 11.9 Å². The lowest BCUT2D eigenvalue weighted by Crippen LogP contribution is -2.30. The largest absolute Gasteiger partial charge is 0.481 e. The summed E-state index contributed by atoms with van der Waals surface area (Å²) in [5.41, 5.74) is 0. The number of hydrogen-bond donors (Lipinski definition) is 2. The van der Waals surface area contributed by atoms with Gasteiger partial charge in [-0.2, -0.15) is 0 Å². The van der Waals surface area contributed by atoms with Gasteiger partial charge in [0.05, 0.1) is 0 Å². The van der Waals surface area contributed by atoms with Crippen molar-refractivity contribution in [2.75, 3.05) is 6.54 Å². The van der Waals surface area contributed by atoms with Crippen LogP contribution >= 0.6 is 0 Å². The number of carboxylic acid groups (broad SMARTS) is 1. The van der Waals surface area contributed by atoms with Crippen molar-refractivity contribution in [3.63, 3.8) is 0 Å². The Kier molecular flexibility index (Phi) is 7.60.